The number of carbonyl (C=O) groups excluding carboxylic acids is 2. The van der Waals surface area contributed by atoms with E-state index in [4.69, 9.17) is 0 Å². The van der Waals surface area contributed by atoms with Gasteiger partial charge in [0.25, 0.3) is 5.91 Å². The molecule has 1 aromatic heterocycles. The van der Waals surface area contributed by atoms with Gasteiger partial charge in [-0.15, -0.1) is 0 Å². The third-order valence-electron chi connectivity index (χ3n) is 5.08. The van der Waals surface area contributed by atoms with Gasteiger partial charge in [0, 0.05) is 50.6 Å². The zero-order chi connectivity index (χ0) is 19.4. The van der Waals surface area contributed by atoms with Crippen molar-refractivity contribution in [2.75, 3.05) is 33.2 Å². The molecular weight excluding hydrogens is 342 g/mol. The van der Waals surface area contributed by atoms with Crippen molar-refractivity contribution in [3.8, 4) is 0 Å². The van der Waals surface area contributed by atoms with Gasteiger partial charge in [0.1, 0.15) is 6.04 Å². The first-order chi connectivity index (χ1) is 13.0. The van der Waals surface area contributed by atoms with Crippen LogP contribution in [-0.2, 0) is 18.3 Å². The first-order valence-corrected chi connectivity index (χ1v) is 9.36. The van der Waals surface area contributed by atoms with E-state index in [1.165, 1.54) is 5.56 Å². The Morgan fingerprint density at radius 2 is 1.74 bits per heavy atom. The lowest BCUT2D eigenvalue weighted by Gasteiger charge is -2.36. The molecule has 1 saturated heterocycles. The molecule has 7 heteroatoms. The van der Waals surface area contributed by atoms with Crippen molar-refractivity contribution >= 4 is 11.8 Å². The zero-order valence-electron chi connectivity index (χ0n) is 16.2. The van der Waals surface area contributed by atoms with Crippen molar-refractivity contribution in [3.63, 3.8) is 0 Å². The molecule has 144 valence electrons. The number of piperazine rings is 1. The molecule has 0 saturated carbocycles. The van der Waals surface area contributed by atoms with E-state index in [0.29, 0.717) is 31.7 Å². The standard InChI is InChI=1S/C20H27N5O2/c1-4-15-5-7-16(8-6-15)19(26)24-9-11-25(12-10-24)20(27)18(21-2)17-13-22-23(3)14-17/h5-8,13-14,18,21H,4,9-12H2,1-3H3. The van der Waals surface area contributed by atoms with Gasteiger partial charge in [-0.2, -0.15) is 5.10 Å². The van der Waals surface area contributed by atoms with E-state index in [1.54, 1.807) is 17.9 Å². The number of nitrogens with zero attached hydrogens (tertiary/aromatic N) is 4. The van der Waals surface area contributed by atoms with Crippen molar-refractivity contribution in [2.45, 2.75) is 19.4 Å². The summed E-state index contributed by atoms with van der Waals surface area (Å²) in [5.74, 6) is 0.0482. The highest BCUT2D eigenvalue weighted by molar-refractivity contribution is 5.94. The maximum Gasteiger partial charge on any atom is 0.253 e. The Labute approximate surface area is 159 Å². The van der Waals surface area contributed by atoms with Crippen LogP contribution in [0.5, 0.6) is 0 Å². The summed E-state index contributed by atoms with van der Waals surface area (Å²) in [5, 5.41) is 7.22. The highest BCUT2D eigenvalue weighted by atomic mass is 16.2. The summed E-state index contributed by atoms with van der Waals surface area (Å²) in [6.45, 7) is 4.26. The number of rotatable bonds is 5. The van der Waals surface area contributed by atoms with Crippen LogP contribution >= 0.6 is 0 Å². The van der Waals surface area contributed by atoms with Crippen LogP contribution in [0, 0.1) is 0 Å². The predicted molar refractivity (Wildman–Crippen MR) is 103 cm³/mol. The lowest BCUT2D eigenvalue weighted by atomic mass is 10.1. The molecule has 2 heterocycles. The molecule has 0 spiro atoms. The Bertz CT molecular complexity index is 791. The molecule has 3 rings (SSSR count). The van der Waals surface area contributed by atoms with Crippen LogP contribution in [0.2, 0.25) is 0 Å². The third kappa shape index (κ3) is 4.19. The largest absolute Gasteiger partial charge is 0.337 e. The molecule has 27 heavy (non-hydrogen) atoms. The SMILES string of the molecule is CCc1ccc(C(=O)N2CCN(C(=O)C(NC)c3cnn(C)c3)CC2)cc1. The molecule has 1 unspecified atom stereocenters. The van der Waals surface area contributed by atoms with Gasteiger partial charge in [0.2, 0.25) is 5.91 Å². The van der Waals surface area contributed by atoms with Crippen molar-refractivity contribution in [2.24, 2.45) is 7.05 Å². The van der Waals surface area contributed by atoms with Crippen LogP contribution in [0.1, 0.15) is 34.5 Å². The Kier molecular flexibility index (Phi) is 5.91. The fourth-order valence-corrected chi connectivity index (χ4v) is 3.40. The van der Waals surface area contributed by atoms with E-state index >= 15 is 0 Å². The molecule has 1 N–H and O–H groups in total. The molecule has 1 fully saturated rings. The van der Waals surface area contributed by atoms with Crippen LogP contribution in [0.4, 0.5) is 0 Å². The van der Waals surface area contributed by atoms with Gasteiger partial charge in [-0.05, 0) is 31.2 Å². The minimum Gasteiger partial charge on any atom is -0.337 e. The van der Waals surface area contributed by atoms with Gasteiger partial charge in [-0.1, -0.05) is 19.1 Å². The van der Waals surface area contributed by atoms with Gasteiger partial charge in [0.05, 0.1) is 6.20 Å². The predicted octanol–water partition coefficient (Wildman–Crippen LogP) is 1.23. The van der Waals surface area contributed by atoms with E-state index in [9.17, 15) is 9.59 Å². The molecule has 2 amide bonds. The Morgan fingerprint density at radius 1 is 1.11 bits per heavy atom. The zero-order valence-corrected chi connectivity index (χ0v) is 16.2. The minimum atomic E-state index is -0.414. The van der Waals surface area contributed by atoms with Crippen molar-refractivity contribution in [1.29, 1.82) is 0 Å². The van der Waals surface area contributed by atoms with E-state index in [0.717, 1.165) is 12.0 Å². The summed E-state index contributed by atoms with van der Waals surface area (Å²) in [7, 11) is 3.60. The molecule has 0 bridgehead atoms. The number of benzene rings is 1. The number of likely N-dealkylation sites (N-methyl/N-ethyl adjacent to an activating group) is 1. The summed E-state index contributed by atoms with van der Waals surface area (Å²) in [5.41, 5.74) is 2.77. The van der Waals surface area contributed by atoms with Crippen molar-refractivity contribution in [1.82, 2.24) is 24.9 Å². The van der Waals surface area contributed by atoms with Crippen LogP contribution in [-0.4, -0.2) is 64.6 Å². The van der Waals surface area contributed by atoms with Gasteiger partial charge < -0.3 is 15.1 Å². The molecule has 2 aromatic rings. The molecule has 1 aromatic carbocycles. The van der Waals surface area contributed by atoms with Crippen LogP contribution in [0.15, 0.2) is 36.7 Å². The fourth-order valence-electron chi connectivity index (χ4n) is 3.40. The first kappa shape index (κ1) is 19.1. The maximum atomic E-state index is 12.9. The number of aryl methyl sites for hydroxylation is 2. The minimum absolute atomic E-state index is 0.0184. The number of aromatic nitrogens is 2. The molecule has 7 nitrogen and oxygen atoms in total. The van der Waals surface area contributed by atoms with Crippen molar-refractivity contribution < 1.29 is 9.59 Å². The smallest absolute Gasteiger partial charge is 0.253 e. The highest BCUT2D eigenvalue weighted by Crippen LogP contribution is 2.17. The fraction of sp³-hybridized carbons (Fsp3) is 0.450. The van der Waals surface area contributed by atoms with E-state index in [-0.39, 0.29) is 11.8 Å². The average Bonchev–Trinajstić information content (AvgIpc) is 3.14. The number of hydrogen-bond acceptors (Lipinski definition) is 4. The summed E-state index contributed by atoms with van der Waals surface area (Å²) >= 11 is 0. The molecule has 1 aliphatic heterocycles. The Balaban J connectivity index is 1.60. The number of amides is 2. The van der Waals surface area contributed by atoms with E-state index in [2.05, 4.69) is 17.3 Å². The maximum absolute atomic E-state index is 12.9. The molecular formula is C20H27N5O2. The highest BCUT2D eigenvalue weighted by Gasteiger charge is 2.30. The quantitative estimate of drug-likeness (QED) is 0.861. The topological polar surface area (TPSA) is 70.5 Å². The normalized spacial score (nSPS) is 15.7. The first-order valence-electron chi connectivity index (χ1n) is 9.36. The third-order valence-corrected chi connectivity index (χ3v) is 5.08. The summed E-state index contributed by atoms with van der Waals surface area (Å²) < 4.78 is 1.69. The van der Waals surface area contributed by atoms with Gasteiger partial charge in [-0.3, -0.25) is 14.3 Å². The summed E-state index contributed by atoms with van der Waals surface area (Å²) in [6, 6.07) is 7.36. The van der Waals surface area contributed by atoms with Gasteiger partial charge in [0.15, 0.2) is 0 Å². The van der Waals surface area contributed by atoms with Crippen LogP contribution in [0.3, 0.4) is 0 Å². The second kappa shape index (κ2) is 8.35. The van der Waals surface area contributed by atoms with E-state index < -0.39 is 6.04 Å². The van der Waals surface area contributed by atoms with Crippen LogP contribution < -0.4 is 5.32 Å². The molecule has 1 aliphatic rings. The van der Waals surface area contributed by atoms with Gasteiger partial charge >= 0.3 is 0 Å². The summed E-state index contributed by atoms with van der Waals surface area (Å²) in [6.07, 6.45) is 4.51. The molecule has 0 aliphatic carbocycles. The van der Waals surface area contributed by atoms with E-state index in [1.807, 2.05) is 47.3 Å². The lowest BCUT2D eigenvalue weighted by Crippen LogP contribution is -2.52. The lowest BCUT2D eigenvalue weighted by molar-refractivity contribution is -0.135. The monoisotopic (exact) mass is 369 g/mol. The molecule has 1 atom stereocenters. The Morgan fingerprint density at radius 3 is 2.26 bits per heavy atom. The second-order valence-corrected chi connectivity index (χ2v) is 6.84. The molecule has 0 radical (unpaired) electrons. The number of nitrogens with one attached hydrogen (secondary N) is 1. The number of hydrogen-bond donors (Lipinski definition) is 1. The second-order valence-electron chi connectivity index (χ2n) is 6.84. The summed E-state index contributed by atoms with van der Waals surface area (Å²) in [4.78, 5) is 29.2. The number of carbonyl (C=O) groups is 2. The Hall–Kier alpha value is -2.67. The van der Waals surface area contributed by atoms with Crippen LogP contribution in [0.25, 0.3) is 0 Å². The van der Waals surface area contributed by atoms with Crippen molar-refractivity contribution in [3.05, 3.63) is 53.3 Å². The average molecular weight is 369 g/mol. The van der Waals surface area contributed by atoms with Gasteiger partial charge in [-0.25, -0.2) is 0 Å².